The second-order valence-electron chi connectivity index (χ2n) is 4.24. The van der Waals surface area contributed by atoms with E-state index >= 15 is 0 Å². The van der Waals surface area contributed by atoms with Crippen LogP contribution in [0.1, 0.15) is 16.7 Å². The molecule has 90 valence electrons. The average Bonchev–Trinajstić information content (AvgIpc) is 2.84. The summed E-state index contributed by atoms with van der Waals surface area (Å²) >= 11 is 1.33. The minimum atomic E-state index is 0.869. The molecule has 5 heteroatoms. The van der Waals surface area contributed by atoms with Gasteiger partial charge in [-0.2, -0.15) is 0 Å². The van der Waals surface area contributed by atoms with Crippen molar-refractivity contribution >= 4 is 16.7 Å². The first-order valence-electron chi connectivity index (χ1n) is 5.59. The molecule has 17 heavy (non-hydrogen) atoms. The zero-order valence-corrected chi connectivity index (χ0v) is 11.2. The lowest BCUT2D eigenvalue weighted by atomic mass is 10.0. The first-order valence-corrected chi connectivity index (χ1v) is 6.36. The van der Waals surface area contributed by atoms with E-state index in [-0.39, 0.29) is 0 Å². The molecule has 1 aromatic heterocycles. The maximum atomic E-state index is 3.94. The predicted octanol–water partition coefficient (Wildman–Crippen LogP) is 2.23. The number of benzene rings is 1. The maximum absolute atomic E-state index is 3.94. The topological polar surface area (TPSA) is 41.9 Å². The number of hydrogen-bond donors (Lipinski definition) is 0. The van der Waals surface area contributed by atoms with Crippen molar-refractivity contribution in [1.82, 2.24) is 14.8 Å². The molecule has 0 atom stereocenters. The summed E-state index contributed by atoms with van der Waals surface area (Å²) in [5.41, 5.74) is 4.05. The van der Waals surface area contributed by atoms with Gasteiger partial charge in [0.1, 0.15) is 0 Å². The normalized spacial score (nSPS) is 10.5. The quantitative estimate of drug-likeness (QED) is 0.832. The van der Waals surface area contributed by atoms with Crippen LogP contribution in [0.15, 0.2) is 18.2 Å². The van der Waals surface area contributed by atoms with Gasteiger partial charge in [-0.1, -0.05) is 27.8 Å². The highest BCUT2D eigenvalue weighted by Crippen LogP contribution is 2.14. The molecule has 0 saturated carbocycles. The summed E-state index contributed by atoms with van der Waals surface area (Å²) in [7, 11) is 2.02. The van der Waals surface area contributed by atoms with Crippen LogP contribution in [0.3, 0.4) is 0 Å². The van der Waals surface area contributed by atoms with Crippen LogP contribution in [0.4, 0.5) is 5.13 Å². The molecule has 0 amide bonds. The Morgan fingerprint density at radius 1 is 1.24 bits per heavy atom. The number of rotatable bonds is 4. The number of anilines is 1. The van der Waals surface area contributed by atoms with Crippen LogP contribution in [-0.4, -0.2) is 28.4 Å². The molecule has 2 rings (SSSR count). The van der Waals surface area contributed by atoms with Gasteiger partial charge >= 0.3 is 0 Å². The van der Waals surface area contributed by atoms with Gasteiger partial charge in [-0.25, -0.2) is 0 Å². The smallest absolute Gasteiger partial charge is 0.227 e. The summed E-state index contributed by atoms with van der Waals surface area (Å²) in [6.45, 7) is 5.22. The molecule has 4 nitrogen and oxygen atoms in total. The molecule has 1 heterocycles. The van der Waals surface area contributed by atoms with Gasteiger partial charge in [0.25, 0.3) is 0 Å². The third kappa shape index (κ3) is 3.00. The van der Waals surface area contributed by atoms with Crippen molar-refractivity contribution < 1.29 is 0 Å². The largest absolute Gasteiger partial charge is 0.348 e. The molecule has 0 aliphatic rings. The van der Waals surface area contributed by atoms with Crippen molar-refractivity contribution in [1.29, 1.82) is 0 Å². The Kier molecular flexibility index (Phi) is 3.68. The van der Waals surface area contributed by atoms with Crippen LogP contribution in [0.2, 0.25) is 0 Å². The summed E-state index contributed by atoms with van der Waals surface area (Å²) in [5, 5.41) is 8.41. The van der Waals surface area contributed by atoms with Crippen LogP contribution in [0, 0.1) is 13.8 Å². The molecule has 0 N–H and O–H groups in total. The predicted molar refractivity (Wildman–Crippen MR) is 70.6 cm³/mol. The highest BCUT2D eigenvalue weighted by atomic mass is 32.1. The van der Waals surface area contributed by atoms with E-state index in [0.717, 1.165) is 18.1 Å². The minimum absolute atomic E-state index is 0.869. The fourth-order valence-electron chi connectivity index (χ4n) is 1.63. The van der Waals surface area contributed by atoms with Gasteiger partial charge in [0.15, 0.2) is 0 Å². The van der Waals surface area contributed by atoms with E-state index in [4.69, 9.17) is 0 Å². The first-order chi connectivity index (χ1) is 8.16. The summed E-state index contributed by atoms with van der Waals surface area (Å²) in [5.74, 6) is 0. The monoisotopic (exact) mass is 248 g/mol. The molecule has 1 aromatic carbocycles. The Balaban J connectivity index is 1.96. The van der Waals surface area contributed by atoms with Gasteiger partial charge in [0, 0.05) is 25.1 Å². The number of aryl methyl sites for hydroxylation is 2. The van der Waals surface area contributed by atoms with Gasteiger partial charge in [0.2, 0.25) is 5.13 Å². The first kappa shape index (κ1) is 12.0. The Morgan fingerprint density at radius 2 is 2.06 bits per heavy atom. The SMILES string of the molecule is Cc1ccc(CCN(C)c2nnns2)cc1C. The fourth-order valence-corrected chi connectivity index (χ4v) is 2.08. The van der Waals surface area contributed by atoms with E-state index in [9.17, 15) is 0 Å². The highest BCUT2D eigenvalue weighted by Gasteiger charge is 2.05. The average molecular weight is 248 g/mol. The Hall–Kier alpha value is -1.49. The van der Waals surface area contributed by atoms with Gasteiger partial charge < -0.3 is 4.90 Å². The van der Waals surface area contributed by atoms with E-state index in [1.54, 1.807) is 0 Å². The number of aromatic nitrogens is 3. The second-order valence-corrected chi connectivity index (χ2v) is 4.95. The minimum Gasteiger partial charge on any atom is -0.348 e. The zero-order valence-electron chi connectivity index (χ0n) is 10.3. The summed E-state index contributed by atoms with van der Waals surface area (Å²) in [4.78, 5) is 2.08. The van der Waals surface area contributed by atoms with Crippen LogP contribution in [0.5, 0.6) is 0 Å². The molecule has 0 unspecified atom stereocenters. The molecule has 0 radical (unpaired) electrons. The highest BCUT2D eigenvalue weighted by molar-refractivity contribution is 7.09. The van der Waals surface area contributed by atoms with Crippen molar-refractivity contribution in [2.45, 2.75) is 20.3 Å². The lowest BCUT2D eigenvalue weighted by molar-refractivity contribution is 0.847. The molecule has 0 saturated heterocycles. The van der Waals surface area contributed by atoms with Gasteiger partial charge in [-0.05, 0) is 42.2 Å². The van der Waals surface area contributed by atoms with E-state index in [1.165, 1.54) is 28.2 Å². The Labute approximate surface area is 105 Å². The zero-order chi connectivity index (χ0) is 12.3. The van der Waals surface area contributed by atoms with E-state index in [2.05, 4.69) is 51.7 Å². The Bertz CT molecular complexity index is 481. The fraction of sp³-hybridized carbons (Fsp3) is 0.417. The number of hydrogen-bond acceptors (Lipinski definition) is 5. The summed E-state index contributed by atoms with van der Waals surface area (Å²) < 4.78 is 3.76. The third-order valence-corrected chi connectivity index (χ3v) is 3.63. The van der Waals surface area contributed by atoms with E-state index in [0.29, 0.717) is 0 Å². The Morgan fingerprint density at radius 3 is 2.71 bits per heavy atom. The molecule has 0 bridgehead atoms. The van der Waals surface area contributed by atoms with Crippen LogP contribution < -0.4 is 4.90 Å². The second kappa shape index (κ2) is 5.23. The van der Waals surface area contributed by atoms with Crippen molar-refractivity contribution in [3.05, 3.63) is 34.9 Å². The van der Waals surface area contributed by atoms with Crippen molar-refractivity contribution in [2.75, 3.05) is 18.5 Å². The number of likely N-dealkylation sites (N-methyl/N-ethyl adjacent to an activating group) is 1. The van der Waals surface area contributed by atoms with Crippen molar-refractivity contribution in [3.63, 3.8) is 0 Å². The van der Waals surface area contributed by atoms with Crippen LogP contribution in [-0.2, 0) is 6.42 Å². The molecule has 0 spiro atoms. The molecular formula is C12H16N4S. The third-order valence-electron chi connectivity index (χ3n) is 2.92. The standard InChI is InChI=1S/C12H16N4S/c1-9-4-5-11(8-10(9)2)6-7-16(3)12-13-14-15-17-12/h4-5,8H,6-7H2,1-3H3. The van der Waals surface area contributed by atoms with Gasteiger partial charge in [-0.15, -0.1) is 0 Å². The van der Waals surface area contributed by atoms with E-state index in [1.807, 2.05) is 7.05 Å². The lowest BCUT2D eigenvalue weighted by Gasteiger charge is -2.14. The molecule has 0 fully saturated rings. The maximum Gasteiger partial charge on any atom is 0.227 e. The van der Waals surface area contributed by atoms with Gasteiger partial charge in [-0.3, -0.25) is 0 Å². The van der Waals surface area contributed by atoms with Crippen LogP contribution in [0.25, 0.3) is 0 Å². The van der Waals surface area contributed by atoms with Gasteiger partial charge in [0.05, 0.1) is 0 Å². The van der Waals surface area contributed by atoms with Crippen molar-refractivity contribution in [2.24, 2.45) is 0 Å². The molecular weight excluding hydrogens is 232 g/mol. The molecule has 2 aromatic rings. The number of nitrogens with zero attached hydrogens (tertiary/aromatic N) is 4. The van der Waals surface area contributed by atoms with Crippen LogP contribution >= 0.6 is 11.5 Å². The summed E-state index contributed by atoms with van der Waals surface area (Å²) in [6.07, 6.45) is 1.01. The molecule has 0 aliphatic heterocycles. The molecule has 0 aliphatic carbocycles. The summed E-state index contributed by atoms with van der Waals surface area (Å²) in [6, 6.07) is 6.62. The van der Waals surface area contributed by atoms with Crippen molar-refractivity contribution in [3.8, 4) is 0 Å². The van der Waals surface area contributed by atoms with E-state index < -0.39 is 0 Å². The lowest BCUT2D eigenvalue weighted by Crippen LogP contribution is -2.20.